The van der Waals surface area contributed by atoms with E-state index in [1.165, 1.54) is 6.07 Å². The fourth-order valence-corrected chi connectivity index (χ4v) is 2.51. The summed E-state index contributed by atoms with van der Waals surface area (Å²) < 4.78 is 5.74. The van der Waals surface area contributed by atoms with Crippen molar-refractivity contribution in [1.82, 2.24) is 4.98 Å². The van der Waals surface area contributed by atoms with E-state index < -0.39 is 5.97 Å². The SMILES string of the molecule is CC(C#N)=C1c2ccccc2OCc2nc(C(=O)O)ccc21. The highest BCUT2D eigenvalue weighted by molar-refractivity contribution is 5.90. The predicted molar refractivity (Wildman–Crippen MR) is 79.3 cm³/mol. The van der Waals surface area contributed by atoms with E-state index in [0.717, 1.165) is 16.7 Å². The standard InChI is InChI=1S/C17H12N2O3/c1-10(8-18)16-11-6-7-13(17(20)21)19-14(11)9-22-15-5-3-2-4-12(15)16/h2-7H,9H2,1H3,(H,20,21). The molecular weight excluding hydrogens is 280 g/mol. The number of rotatable bonds is 1. The first-order valence-corrected chi connectivity index (χ1v) is 6.68. The van der Waals surface area contributed by atoms with Crippen LogP contribution in [0.15, 0.2) is 42.0 Å². The van der Waals surface area contributed by atoms with E-state index in [-0.39, 0.29) is 12.3 Å². The first-order chi connectivity index (χ1) is 10.6. The number of allylic oxidation sites excluding steroid dienone is 1. The van der Waals surface area contributed by atoms with Gasteiger partial charge in [0.2, 0.25) is 0 Å². The molecule has 1 aliphatic heterocycles. The molecule has 0 aliphatic carbocycles. The first kappa shape index (κ1) is 13.8. The molecule has 5 nitrogen and oxygen atoms in total. The van der Waals surface area contributed by atoms with Gasteiger partial charge in [-0.3, -0.25) is 0 Å². The van der Waals surface area contributed by atoms with Crippen LogP contribution < -0.4 is 4.74 Å². The molecule has 0 amide bonds. The second-order valence-corrected chi connectivity index (χ2v) is 4.89. The second-order valence-electron chi connectivity index (χ2n) is 4.89. The summed E-state index contributed by atoms with van der Waals surface area (Å²) in [5, 5.41) is 18.4. The van der Waals surface area contributed by atoms with Crippen molar-refractivity contribution < 1.29 is 14.6 Å². The van der Waals surface area contributed by atoms with Gasteiger partial charge in [-0.25, -0.2) is 9.78 Å². The topological polar surface area (TPSA) is 83.2 Å². The van der Waals surface area contributed by atoms with E-state index >= 15 is 0 Å². The second kappa shape index (κ2) is 5.34. The van der Waals surface area contributed by atoms with Crippen LogP contribution in [0, 0.1) is 11.3 Å². The minimum absolute atomic E-state index is 0.0396. The van der Waals surface area contributed by atoms with Crippen LogP contribution in [0.1, 0.15) is 34.2 Å². The number of fused-ring (bicyclic) bond motifs is 2. The van der Waals surface area contributed by atoms with Gasteiger partial charge in [0.1, 0.15) is 18.1 Å². The highest BCUT2D eigenvalue weighted by Crippen LogP contribution is 2.37. The van der Waals surface area contributed by atoms with Gasteiger partial charge in [0.05, 0.1) is 11.8 Å². The Morgan fingerprint density at radius 3 is 2.77 bits per heavy atom. The Morgan fingerprint density at radius 2 is 2.05 bits per heavy atom. The molecule has 2 heterocycles. The molecule has 3 rings (SSSR count). The monoisotopic (exact) mass is 292 g/mol. The summed E-state index contributed by atoms with van der Waals surface area (Å²) in [5.74, 6) is -0.436. The van der Waals surface area contributed by atoms with Gasteiger partial charge in [0.25, 0.3) is 0 Å². The maximum atomic E-state index is 11.1. The van der Waals surface area contributed by atoms with Crippen molar-refractivity contribution >= 4 is 11.5 Å². The smallest absolute Gasteiger partial charge is 0.354 e. The van der Waals surface area contributed by atoms with Crippen LogP contribution in [0.4, 0.5) is 0 Å². The molecule has 0 spiro atoms. The highest BCUT2D eigenvalue weighted by Gasteiger charge is 2.23. The quantitative estimate of drug-likeness (QED) is 0.817. The van der Waals surface area contributed by atoms with Gasteiger partial charge in [-0.1, -0.05) is 18.2 Å². The minimum Gasteiger partial charge on any atom is -0.487 e. The van der Waals surface area contributed by atoms with E-state index in [1.807, 2.05) is 24.3 Å². The molecule has 22 heavy (non-hydrogen) atoms. The molecule has 1 aromatic carbocycles. The Bertz CT molecular complexity index is 847. The van der Waals surface area contributed by atoms with Gasteiger partial charge in [0.15, 0.2) is 0 Å². The molecule has 1 N–H and O–H groups in total. The van der Waals surface area contributed by atoms with Gasteiger partial charge >= 0.3 is 5.97 Å². The highest BCUT2D eigenvalue weighted by atomic mass is 16.5. The molecular formula is C17H12N2O3. The Kier molecular flexibility index (Phi) is 3.36. The lowest BCUT2D eigenvalue weighted by atomic mass is 9.93. The summed E-state index contributed by atoms with van der Waals surface area (Å²) in [6.07, 6.45) is 0. The molecule has 1 aliphatic rings. The average molecular weight is 292 g/mol. The van der Waals surface area contributed by atoms with Crippen LogP contribution in [0.5, 0.6) is 5.75 Å². The Morgan fingerprint density at radius 1 is 1.27 bits per heavy atom. The van der Waals surface area contributed by atoms with Crippen molar-refractivity contribution in [2.24, 2.45) is 0 Å². The maximum absolute atomic E-state index is 11.1. The lowest BCUT2D eigenvalue weighted by Crippen LogP contribution is -2.07. The van der Waals surface area contributed by atoms with Crippen LogP contribution in [0.25, 0.3) is 5.57 Å². The van der Waals surface area contributed by atoms with Crippen molar-refractivity contribution in [3.63, 3.8) is 0 Å². The molecule has 1 aromatic heterocycles. The van der Waals surface area contributed by atoms with Crippen LogP contribution in [-0.2, 0) is 6.61 Å². The van der Waals surface area contributed by atoms with Gasteiger partial charge in [-0.2, -0.15) is 5.26 Å². The number of ether oxygens (including phenoxy) is 1. The van der Waals surface area contributed by atoms with E-state index in [0.29, 0.717) is 17.0 Å². The molecule has 0 saturated heterocycles. The molecule has 0 saturated carbocycles. The number of para-hydroxylation sites is 1. The number of nitriles is 1. The molecule has 0 fully saturated rings. The van der Waals surface area contributed by atoms with Crippen molar-refractivity contribution in [1.29, 1.82) is 5.26 Å². The van der Waals surface area contributed by atoms with E-state index in [9.17, 15) is 10.1 Å². The van der Waals surface area contributed by atoms with Gasteiger partial charge < -0.3 is 9.84 Å². The van der Waals surface area contributed by atoms with Gasteiger partial charge in [-0.05, 0) is 25.1 Å². The number of hydrogen-bond donors (Lipinski definition) is 1. The molecule has 108 valence electrons. The van der Waals surface area contributed by atoms with Crippen molar-refractivity contribution in [2.75, 3.05) is 0 Å². The van der Waals surface area contributed by atoms with Crippen LogP contribution in [0.3, 0.4) is 0 Å². The summed E-state index contributed by atoms with van der Waals surface area (Å²) in [5.41, 5.74) is 3.28. The number of pyridine rings is 1. The predicted octanol–water partition coefficient (Wildman–Crippen LogP) is 3.02. The average Bonchev–Trinajstić information content (AvgIpc) is 2.70. The summed E-state index contributed by atoms with van der Waals surface area (Å²) in [6.45, 7) is 1.89. The molecule has 0 atom stereocenters. The number of carbonyl (C=O) groups is 1. The number of aromatic carboxylic acids is 1. The third-order valence-corrected chi connectivity index (χ3v) is 3.53. The minimum atomic E-state index is -1.09. The first-order valence-electron chi connectivity index (χ1n) is 6.68. The molecule has 0 radical (unpaired) electrons. The third-order valence-electron chi connectivity index (χ3n) is 3.53. The lowest BCUT2D eigenvalue weighted by molar-refractivity contribution is 0.0690. The lowest BCUT2D eigenvalue weighted by Gasteiger charge is -2.11. The summed E-state index contributed by atoms with van der Waals surface area (Å²) in [6, 6.07) is 12.7. The summed E-state index contributed by atoms with van der Waals surface area (Å²) >= 11 is 0. The zero-order valence-electron chi connectivity index (χ0n) is 11.8. The molecule has 5 heteroatoms. The molecule has 0 bridgehead atoms. The maximum Gasteiger partial charge on any atom is 0.354 e. The van der Waals surface area contributed by atoms with Crippen molar-refractivity contribution in [3.8, 4) is 11.8 Å². The fraction of sp³-hybridized carbons (Fsp3) is 0.118. The zero-order chi connectivity index (χ0) is 15.7. The Hall–Kier alpha value is -3.13. The molecule has 0 unspecified atom stereocenters. The normalized spacial score (nSPS) is 14.7. The summed E-state index contributed by atoms with van der Waals surface area (Å²) in [7, 11) is 0. The fourth-order valence-electron chi connectivity index (χ4n) is 2.51. The van der Waals surface area contributed by atoms with Gasteiger partial charge in [0, 0.05) is 22.3 Å². The van der Waals surface area contributed by atoms with Crippen LogP contribution >= 0.6 is 0 Å². The Labute approximate surface area is 127 Å². The zero-order valence-corrected chi connectivity index (χ0v) is 11.8. The number of carboxylic acid groups (broad SMARTS) is 1. The van der Waals surface area contributed by atoms with Crippen LogP contribution in [0.2, 0.25) is 0 Å². The van der Waals surface area contributed by atoms with Gasteiger partial charge in [-0.15, -0.1) is 0 Å². The van der Waals surface area contributed by atoms with E-state index in [2.05, 4.69) is 11.1 Å². The number of nitrogens with zero attached hydrogens (tertiary/aromatic N) is 2. The number of hydrogen-bond acceptors (Lipinski definition) is 4. The number of benzene rings is 1. The number of aromatic nitrogens is 1. The van der Waals surface area contributed by atoms with Crippen molar-refractivity contribution in [3.05, 3.63) is 64.5 Å². The number of carboxylic acids is 1. The molecule has 2 aromatic rings. The third kappa shape index (κ3) is 2.21. The van der Waals surface area contributed by atoms with Crippen LogP contribution in [-0.4, -0.2) is 16.1 Å². The van der Waals surface area contributed by atoms with E-state index in [1.54, 1.807) is 13.0 Å². The summed E-state index contributed by atoms with van der Waals surface area (Å²) in [4.78, 5) is 15.2. The van der Waals surface area contributed by atoms with E-state index in [4.69, 9.17) is 9.84 Å². The largest absolute Gasteiger partial charge is 0.487 e. The van der Waals surface area contributed by atoms with Crippen molar-refractivity contribution in [2.45, 2.75) is 13.5 Å². The Balaban J connectivity index is 2.30.